The Hall–Kier alpha value is -1.29. The van der Waals surface area contributed by atoms with Crippen molar-refractivity contribution in [2.75, 3.05) is 6.26 Å². The number of benzene rings is 1. The third-order valence-corrected chi connectivity index (χ3v) is 8.97. The van der Waals surface area contributed by atoms with Crippen LogP contribution in [0.5, 0.6) is 5.75 Å². The highest BCUT2D eigenvalue weighted by molar-refractivity contribution is 7.86. The van der Waals surface area contributed by atoms with Gasteiger partial charge in [0.25, 0.3) is 10.1 Å². The van der Waals surface area contributed by atoms with Crippen LogP contribution in [-0.4, -0.2) is 23.0 Å². The zero-order valence-electron chi connectivity index (χ0n) is 14.7. The fraction of sp³-hybridized carbons (Fsp3) is 0.529. The maximum Gasteiger partial charge on any atom is 0.265 e. The molecule has 4 nitrogen and oxygen atoms in total. The molecule has 0 saturated carbocycles. The minimum atomic E-state index is -3.57. The maximum absolute atomic E-state index is 11.3. The highest BCUT2D eigenvalue weighted by atomic mass is 32.2. The zero-order chi connectivity index (χ0) is 17.9. The molecule has 1 aromatic rings. The van der Waals surface area contributed by atoms with Gasteiger partial charge in [0.2, 0.25) is 8.32 Å². The lowest BCUT2D eigenvalue weighted by atomic mass is 10.1. The maximum atomic E-state index is 11.3. The summed E-state index contributed by atoms with van der Waals surface area (Å²) < 4.78 is 33.9. The van der Waals surface area contributed by atoms with Crippen LogP contribution in [0.25, 0.3) is 0 Å². The predicted octanol–water partition coefficient (Wildman–Crippen LogP) is 4.11. The van der Waals surface area contributed by atoms with Crippen molar-refractivity contribution in [2.24, 2.45) is 0 Å². The van der Waals surface area contributed by atoms with E-state index in [1.54, 1.807) is 12.1 Å². The molecule has 1 atom stereocenters. The van der Waals surface area contributed by atoms with E-state index >= 15 is 0 Å². The minimum absolute atomic E-state index is 0.108. The molecule has 0 aliphatic rings. The van der Waals surface area contributed by atoms with Crippen molar-refractivity contribution in [2.45, 2.75) is 51.4 Å². The molecule has 1 rings (SSSR count). The molecule has 0 spiro atoms. The molecule has 1 unspecified atom stereocenters. The molecule has 0 aliphatic carbocycles. The first-order chi connectivity index (χ1) is 10.4. The molecule has 0 fully saturated rings. The molecule has 0 N–H and O–H groups in total. The van der Waals surface area contributed by atoms with Crippen LogP contribution < -0.4 is 4.43 Å². The summed E-state index contributed by atoms with van der Waals surface area (Å²) in [5.74, 6) is 3.22. The van der Waals surface area contributed by atoms with E-state index in [1.165, 1.54) is 0 Å². The number of terminal acetylenes is 1. The van der Waals surface area contributed by atoms with Crippen molar-refractivity contribution >= 4 is 18.4 Å². The SMILES string of the molecule is C#CCC(OS(C)(=O)=O)c1ccc(O[Si](C)(C)C(C)(C)C)cc1. The number of rotatable bonds is 6. The lowest BCUT2D eigenvalue weighted by Crippen LogP contribution is -2.43. The molecule has 0 radical (unpaired) electrons. The predicted molar refractivity (Wildman–Crippen MR) is 96.4 cm³/mol. The number of hydrogen-bond donors (Lipinski definition) is 0. The van der Waals surface area contributed by atoms with E-state index in [1.807, 2.05) is 12.1 Å². The summed E-state index contributed by atoms with van der Waals surface area (Å²) in [5, 5.41) is 0.108. The van der Waals surface area contributed by atoms with E-state index in [-0.39, 0.29) is 11.5 Å². The van der Waals surface area contributed by atoms with E-state index in [2.05, 4.69) is 39.8 Å². The second-order valence-corrected chi connectivity index (χ2v) is 13.5. The van der Waals surface area contributed by atoms with Gasteiger partial charge in [-0.2, -0.15) is 8.42 Å². The summed E-state index contributed by atoms with van der Waals surface area (Å²) in [5.41, 5.74) is 0.718. The lowest BCUT2D eigenvalue weighted by molar-refractivity contribution is 0.222. The largest absolute Gasteiger partial charge is 0.544 e. The van der Waals surface area contributed by atoms with Gasteiger partial charge in [0.05, 0.1) is 6.26 Å². The topological polar surface area (TPSA) is 52.6 Å². The first-order valence-electron chi connectivity index (χ1n) is 7.46. The highest BCUT2D eigenvalue weighted by Crippen LogP contribution is 2.37. The average molecular weight is 355 g/mol. The first-order valence-corrected chi connectivity index (χ1v) is 12.2. The van der Waals surface area contributed by atoms with Crippen LogP contribution in [0.4, 0.5) is 0 Å². The van der Waals surface area contributed by atoms with Crippen LogP contribution in [-0.2, 0) is 14.3 Å². The second-order valence-electron chi connectivity index (χ2n) is 7.13. The summed E-state index contributed by atoms with van der Waals surface area (Å²) in [4.78, 5) is 0. The van der Waals surface area contributed by atoms with Gasteiger partial charge >= 0.3 is 0 Å². The smallest absolute Gasteiger partial charge is 0.265 e. The van der Waals surface area contributed by atoms with Gasteiger partial charge in [0.1, 0.15) is 11.9 Å². The summed E-state index contributed by atoms with van der Waals surface area (Å²) >= 11 is 0. The Morgan fingerprint density at radius 3 is 2.13 bits per heavy atom. The Kier molecular flexibility index (Phi) is 6.08. The third kappa shape index (κ3) is 6.02. The quantitative estimate of drug-likeness (QED) is 0.438. The van der Waals surface area contributed by atoms with Gasteiger partial charge in [-0.3, -0.25) is 4.18 Å². The van der Waals surface area contributed by atoms with Gasteiger partial charge < -0.3 is 4.43 Å². The second kappa shape index (κ2) is 7.08. The molecule has 0 saturated heterocycles. The van der Waals surface area contributed by atoms with Gasteiger partial charge in [-0.25, -0.2) is 0 Å². The van der Waals surface area contributed by atoms with Crippen molar-refractivity contribution < 1.29 is 17.0 Å². The summed E-state index contributed by atoms with van der Waals surface area (Å²) in [6.07, 6.45) is 5.84. The Morgan fingerprint density at radius 2 is 1.74 bits per heavy atom. The van der Waals surface area contributed by atoms with Crippen LogP contribution in [0.3, 0.4) is 0 Å². The molecular formula is C17H26O4SSi. The van der Waals surface area contributed by atoms with E-state index < -0.39 is 24.5 Å². The van der Waals surface area contributed by atoms with Crippen LogP contribution >= 0.6 is 0 Å². The summed E-state index contributed by atoms with van der Waals surface area (Å²) in [6, 6.07) is 7.28. The van der Waals surface area contributed by atoms with Gasteiger partial charge in [-0.05, 0) is 35.8 Å². The third-order valence-electron chi connectivity index (χ3n) is 4.03. The molecule has 1 aromatic carbocycles. The lowest BCUT2D eigenvalue weighted by Gasteiger charge is -2.36. The normalized spacial score (nSPS) is 14.1. The molecule has 0 amide bonds. The molecule has 23 heavy (non-hydrogen) atoms. The molecule has 0 heterocycles. The average Bonchev–Trinajstić information content (AvgIpc) is 2.35. The van der Waals surface area contributed by atoms with Crippen molar-refractivity contribution in [3.05, 3.63) is 29.8 Å². The Balaban J connectivity index is 2.96. The molecule has 0 aromatic heterocycles. The van der Waals surface area contributed by atoms with Crippen LogP contribution in [0.15, 0.2) is 24.3 Å². The van der Waals surface area contributed by atoms with Gasteiger partial charge in [-0.15, -0.1) is 12.3 Å². The zero-order valence-corrected chi connectivity index (χ0v) is 16.5. The molecule has 128 valence electrons. The molecular weight excluding hydrogens is 328 g/mol. The fourth-order valence-corrected chi connectivity index (χ4v) is 3.36. The van der Waals surface area contributed by atoms with Crippen LogP contribution in [0, 0.1) is 12.3 Å². The van der Waals surface area contributed by atoms with E-state index in [0.29, 0.717) is 0 Å². The summed E-state index contributed by atoms with van der Waals surface area (Å²) in [6.45, 7) is 10.9. The Morgan fingerprint density at radius 1 is 1.22 bits per heavy atom. The van der Waals surface area contributed by atoms with Crippen molar-refractivity contribution in [1.82, 2.24) is 0 Å². The molecule has 0 bridgehead atoms. The van der Waals surface area contributed by atoms with Gasteiger partial charge in [-0.1, -0.05) is 32.9 Å². The van der Waals surface area contributed by atoms with E-state index in [0.717, 1.165) is 17.6 Å². The van der Waals surface area contributed by atoms with Crippen LogP contribution in [0.1, 0.15) is 38.9 Å². The monoisotopic (exact) mass is 354 g/mol. The number of hydrogen-bond acceptors (Lipinski definition) is 4. The Labute approximate surface area is 141 Å². The Bertz CT molecular complexity index is 664. The summed E-state index contributed by atoms with van der Waals surface area (Å²) in [7, 11) is -5.48. The van der Waals surface area contributed by atoms with Crippen molar-refractivity contribution in [3.63, 3.8) is 0 Å². The molecule has 0 aliphatic heterocycles. The van der Waals surface area contributed by atoms with Crippen molar-refractivity contribution in [1.29, 1.82) is 0 Å². The fourth-order valence-electron chi connectivity index (χ4n) is 1.72. The van der Waals surface area contributed by atoms with Gasteiger partial charge in [0.15, 0.2) is 0 Å². The standard InChI is InChI=1S/C17H26O4SSi/c1-8-9-16(20-22(5,18)19)14-10-12-15(13-11-14)21-23(6,7)17(2,3)4/h1,10-13,16H,9H2,2-7H3. The molecule has 6 heteroatoms. The minimum Gasteiger partial charge on any atom is -0.544 e. The van der Waals surface area contributed by atoms with E-state index in [9.17, 15) is 8.42 Å². The van der Waals surface area contributed by atoms with E-state index in [4.69, 9.17) is 15.0 Å². The van der Waals surface area contributed by atoms with Gasteiger partial charge in [0, 0.05) is 6.42 Å². The van der Waals surface area contributed by atoms with Crippen LogP contribution in [0.2, 0.25) is 18.1 Å². The van der Waals surface area contributed by atoms with Crippen molar-refractivity contribution in [3.8, 4) is 18.1 Å². The first kappa shape index (κ1) is 19.8. The highest BCUT2D eigenvalue weighted by Gasteiger charge is 2.38.